The van der Waals surface area contributed by atoms with Gasteiger partial charge in [0.15, 0.2) is 6.61 Å². The van der Waals surface area contributed by atoms with Gasteiger partial charge in [-0.3, -0.25) is 19.3 Å². The second-order valence-electron chi connectivity index (χ2n) is 9.26. The molecule has 32 heavy (non-hydrogen) atoms. The van der Waals surface area contributed by atoms with Crippen LogP contribution in [0, 0.1) is 37.5 Å². The highest BCUT2D eigenvalue weighted by Gasteiger charge is 2.61. The summed E-state index contributed by atoms with van der Waals surface area (Å²) < 4.78 is 5.25. The normalized spacial score (nSPS) is 25.9. The van der Waals surface area contributed by atoms with Crippen LogP contribution in [0.2, 0.25) is 0 Å². The first-order chi connectivity index (χ1) is 15.3. The fourth-order valence-corrected chi connectivity index (χ4v) is 5.76. The van der Waals surface area contributed by atoms with Crippen LogP contribution in [-0.4, -0.2) is 30.2 Å². The van der Waals surface area contributed by atoms with Crippen molar-refractivity contribution >= 4 is 29.3 Å². The Hall–Kier alpha value is -3.28. The number of carbonyl (C=O) groups excluding carboxylic acids is 4. The van der Waals surface area contributed by atoms with Crippen LogP contribution in [0.15, 0.2) is 42.5 Å². The number of carbonyl (C=O) groups is 4. The Balaban J connectivity index is 1.31. The largest absolute Gasteiger partial charge is 0.454 e. The van der Waals surface area contributed by atoms with E-state index in [0.29, 0.717) is 23.1 Å². The number of ether oxygens (including phenoxy) is 1. The summed E-state index contributed by atoms with van der Waals surface area (Å²) in [6, 6.07) is 11.9. The fourth-order valence-electron chi connectivity index (χ4n) is 5.76. The first-order valence-corrected chi connectivity index (χ1v) is 11.1. The van der Waals surface area contributed by atoms with Crippen LogP contribution in [-0.2, 0) is 14.3 Å². The Kier molecular flexibility index (Phi) is 4.96. The number of hydrogen-bond donors (Lipinski definition) is 0. The Morgan fingerprint density at radius 2 is 1.66 bits per heavy atom. The number of fused-ring (bicyclic) bond motifs is 5. The number of anilines is 1. The predicted molar refractivity (Wildman–Crippen MR) is 117 cm³/mol. The molecule has 0 N–H and O–H groups in total. The molecule has 1 heterocycles. The molecule has 2 amide bonds. The van der Waals surface area contributed by atoms with Gasteiger partial charge in [-0.05, 0) is 74.8 Å². The van der Waals surface area contributed by atoms with Crippen LogP contribution < -0.4 is 4.90 Å². The molecule has 164 valence electrons. The van der Waals surface area contributed by atoms with Crippen LogP contribution >= 0.6 is 0 Å². The van der Waals surface area contributed by atoms with E-state index in [1.165, 1.54) is 11.0 Å². The van der Waals surface area contributed by atoms with E-state index in [9.17, 15) is 19.2 Å². The van der Waals surface area contributed by atoms with Gasteiger partial charge in [0.1, 0.15) is 0 Å². The lowest BCUT2D eigenvalue weighted by molar-refractivity contribution is -0.123. The van der Waals surface area contributed by atoms with Gasteiger partial charge in [0.05, 0.1) is 23.1 Å². The van der Waals surface area contributed by atoms with Crippen molar-refractivity contribution in [3.63, 3.8) is 0 Å². The zero-order chi connectivity index (χ0) is 22.6. The number of rotatable bonds is 5. The van der Waals surface area contributed by atoms with E-state index in [4.69, 9.17) is 4.74 Å². The van der Waals surface area contributed by atoms with Crippen LogP contribution in [0.3, 0.4) is 0 Å². The van der Waals surface area contributed by atoms with E-state index in [2.05, 4.69) is 0 Å². The Morgan fingerprint density at radius 3 is 2.34 bits per heavy atom. The van der Waals surface area contributed by atoms with Crippen molar-refractivity contribution in [2.45, 2.75) is 33.1 Å². The minimum Gasteiger partial charge on any atom is -0.454 e. The van der Waals surface area contributed by atoms with Gasteiger partial charge < -0.3 is 4.74 Å². The standard InChI is InChI=1S/C26H25NO5/c1-14-6-7-15(2)20(10-14)21(28)13-32-26(31)18-4-3-5-19(12-18)27-24(29)22-16-8-9-17(11-16)23(22)25(27)30/h3-7,10,12,16-17,22-23H,8-9,11,13H2,1-2H3/t16-,17+,22-,23-/m0/s1. The molecule has 3 fully saturated rings. The number of nitrogens with zero attached hydrogens (tertiary/aromatic N) is 1. The Bertz CT molecular complexity index is 1120. The molecular weight excluding hydrogens is 406 g/mol. The van der Waals surface area contributed by atoms with Gasteiger partial charge in [-0.15, -0.1) is 0 Å². The smallest absolute Gasteiger partial charge is 0.338 e. The summed E-state index contributed by atoms with van der Waals surface area (Å²) in [6.45, 7) is 3.36. The first-order valence-electron chi connectivity index (χ1n) is 11.1. The number of Topliss-reactive ketones (excluding diaryl/α,β-unsaturated/α-hetero) is 1. The van der Waals surface area contributed by atoms with Gasteiger partial charge in [-0.1, -0.05) is 23.8 Å². The van der Waals surface area contributed by atoms with Gasteiger partial charge in [0.2, 0.25) is 17.6 Å². The average molecular weight is 431 g/mol. The van der Waals surface area contributed by atoms with Crippen molar-refractivity contribution in [1.82, 2.24) is 0 Å². The molecule has 1 aliphatic heterocycles. The number of ketones is 1. The third-order valence-corrected chi connectivity index (χ3v) is 7.30. The first kappa shape index (κ1) is 20.6. The third-order valence-electron chi connectivity index (χ3n) is 7.30. The van der Waals surface area contributed by atoms with E-state index in [1.54, 1.807) is 24.3 Å². The van der Waals surface area contributed by atoms with Gasteiger partial charge in [0.25, 0.3) is 0 Å². The zero-order valence-electron chi connectivity index (χ0n) is 18.2. The lowest BCUT2D eigenvalue weighted by Gasteiger charge is -2.19. The third kappa shape index (κ3) is 3.25. The summed E-state index contributed by atoms with van der Waals surface area (Å²) in [4.78, 5) is 52.5. The molecule has 1 saturated heterocycles. The van der Waals surface area contributed by atoms with Crippen molar-refractivity contribution in [2.75, 3.05) is 11.5 Å². The summed E-state index contributed by atoms with van der Waals surface area (Å²) in [6.07, 6.45) is 3.00. The Morgan fingerprint density at radius 1 is 0.969 bits per heavy atom. The summed E-state index contributed by atoms with van der Waals surface area (Å²) in [5, 5.41) is 0. The minimum absolute atomic E-state index is 0.150. The molecule has 5 rings (SSSR count). The number of hydrogen-bond acceptors (Lipinski definition) is 5. The highest BCUT2D eigenvalue weighted by Crippen LogP contribution is 2.56. The number of benzene rings is 2. The molecule has 0 aromatic heterocycles. The molecule has 0 spiro atoms. The monoisotopic (exact) mass is 431 g/mol. The molecule has 2 aliphatic carbocycles. The van der Waals surface area contributed by atoms with E-state index in [0.717, 1.165) is 30.4 Å². The van der Waals surface area contributed by atoms with Crippen molar-refractivity contribution in [3.8, 4) is 0 Å². The summed E-state index contributed by atoms with van der Waals surface area (Å²) in [7, 11) is 0. The van der Waals surface area contributed by atoms with Crippen molar-refractivity contribution < 1.29 is 23.9 Å². The molecule has 2 bridgehead atoms. The zero-order valence-corrected chi connectivity index (χ0v) is 18.2. The highest BCUT2D eigenvalue weighted by molar-refractivity contribution is 6.22. The summed E-state index contributed by atoms with van der Waals surface area (Å²) >= 11 is 0. The second kappa shape index (κ2) is 7.69. The number of amides is 2. The van der Waals surface area contributed by atoms with Crippen molar-refractivity contribution in [1.29, 1.82) is 0 Å². The van der Waals surface area contributed by atoms with Gasteiger partial charge in [0, 0.05) is 5.56 Å². The molecule has 3 aliphatic rings. The average Bonchev–Trinajstić information content (AvgIpc) is 3.47. The summed E-state index contributed by atoms with van der Waals surface area (Å²) in [5.41, 5.74) is 2.90. The number of imide groups is 1. The number of aryl methyl sites for hydroxylation is 2. The maximum Gasteiger partial charge on any atom is 0.338 e. The van der Waals surface area contributed by atoms with Crippen LogP contribution in [0.5, 0.6) is 0 Å². The van der Waals surface area contributed by atoms with Crippen LogP contribution in [0.4, 0.5) is 5.69 Å². The van der Waals surface area contributed by atoms with E-state index in [-0.39, 0.29) is 41.6 Å². The molecule has 6 nitrogen and oxygen atoms in total. The SMILES string of the molecule is Cc1ccc(C)c(C(=O)COC(=O)c2cccc(N3C(=O)[C@H]4[C@@H]5CC[C@@H](C5)[C@@H]4C3=O)c2)c1. The lowest BCUT2D eigenvalue weighted by Crippen LogP contribution is -2.32. The minimum atomic E-state index is -0.662. The van der Waals surface area contributed by atoms with E-state index < -0.39 is 5.97 Å². The number of esters is 1. The molecule has 4 atom stereocenters. The van der Waals surface area contributed by atoms with Crippen molar-refractivity contribution in [3.05, 3.63) is 64.7 Å². The van der Waals surface area contributed by atoms with Crippen LogP contribution in [0.25, 0.3) is 0 Å². The van der Waals surface area contributed by atoms with E-state index in [1.807, 2.05) is 26.0 Å². The highest BCUT2D eigenvalue weighted by atomic mass is 16.5. The lowest BCUT2D eigenvalue weighted by atomic mass is 9.81. The van der Waals surface area contributed by atoms with Crippen LogP contribution in [0.1, 0.15) is 51.1 Å². The van der Waals surface area contributed by atoms with E-state index >= 15 is 0 Å². The van der Waals surface area contributed by atoms with Gasteiger partial charge in [-0.2, -0.15) is 0 Å². The summed E-state index contributed by atoms with van der Waals surface area (Å²) in [5.74, 6) is -1.06. The second-order valence-corrected chi connectivity index (χ2v) is 9.26. The van der Waals surface area contributed by atoms with Gasteiger partial charge >= 0.3 is 5.97 Å². The quantitative estimate of drug-likeness (QED) is 0.408. The molecule has 0 radical (unpaired) electrons. The van der Waals surface area contributed by atoms with Crippen molar-refractivity contribution in [2.24, 2.45) is 23.7 Å². The topological polar surface area (TPSA) is 80.8 Å². The molecule has 6 heteroatoms. The molecule has 2 aromatic carbocycles. The Labute approximate surface area is 186 Å². The maximum absolute atomic E-state index is 13.0. The van der Waals surface area contributed by atoms with Gasteiger partial charge in [-0.25, -0.2) is 4.79 Å². The maximum atomic E-state index is 13.0. The molecular formula is C26H25NO5. The molecule has 0 unspecified atom stereocenters. The molecule has 2 saturated carbocycles. The fraction of sp³-hybridized carbons (Fsp3) is 0.385. The molecule has 2 aromatic rings. The predicted octanol–water partition coefficient (Wildman–Crippen LogP) is 3.88.